The molecule has 1 aromatic carbocycles. The van der Waals surface area contributed by atoms with Crippen molar-refractivity contribution in [3.63, 3.8) is 0 Å². The summed E-state index contributed by atoms with van der Waals surface area (Å²) in [6.45, 7) is 2.01. The van der Waals surface area contributed by atoms with Crippen molar-refractivity contribution in [1.82, 2.24) is 4.98 Å². The highest BCUT2D eigenvalue weighted by Crippen LogP contribution is 2.24. The van der Waals surface area contributed by atoms with Crippen LogP contribution in [0.5, 0.6) is 0 Å². The molecule has 0 aliphatic heterocycles. The van der Waals surface area contributed by atoms with Gasteiger partial charge in [0.1, 0.15) is 5.82 Å². The molecule has 3 nitrogen and oxygen atoms in total. The van der Waals surface area contributed by atoms with Crippen LogP contribution in [0.25, 0.3) is 0 Å². The van der Waals surface area contributed by atoms with Crippen LogP contribution in [-0.4, -0.2) is 12.0 Å². The van der Waals surface area contributed by atoms with Gasteiger partial charge in [0.05, 0.1) is 11.9 Å². The molecule has 0 saturated carbocycles. The summed E-state index contributed by atoms with van der Waals surface area (Å²) in [5.41, 5.74) is 8.57. The maximum absolute atomic E-state index is 5.69. The molecule has 1 aromatic heterocycles. The first-order valence-corrected chi connectivity index (χ1v) is 5.19. The monoisotopic (exact) mass is 213 g/mol. The number of hydrogen-bond donors (Lipinski definition) is 1. The van der Waals surface area contributed by atoms with Crippen molar-refractivity contribution in [2.24, 2.45) is 0 Å². The summed E-state index contributed by atoms with van der Waals surface area (Å²) in [6, 6.07) is 12.1. The third-order valence-electron chi connectivity index (χ3n) is 2.53. The van der Waals surface area contributed by atoms with Gasteiger partial charge in [0.25, 0.3) is 0 Å². The Kier molecular flexibility index (Phi) is 2.77. The molecule has 2 aromatic rings. The summed E-state index contributed by atoms with van der Waals surface area (Å²) in [6.07, 6.45) is 1.68. The van der Waals surface area contributed by atoms with Gasteiger partial charge in [0, 0.05) is 12.7 Å². The van der Waals surface area contributed by atoms with Crippen LogP contribution in [0.2, 0.25) is 0 Å². The second-order valence-corrected chi connectivity index (χ2v) is 3.80. The summed E-state index contributed by atoms with van der Waals surface area (Å²) in [5.74, 6) is 0.931. The number of nitrogens with two attached hydrogens (primary N) is 1. The molecule has 3 heteroatoms. The van der Waals surface area contributed by atoms with Crippen molar-refractivity contribution in [3.05, 3.63) is 48.2 Å². The smallest absolute Gasteiger partial charge is 0.135 e. The number of nitrogens with zero attached hydrogens (tertiary/aromatic N) is 2. The van der Waals surface area contributed by atoms with E-state index in [2.05, 4.69) is 22.0 Å². The molecule has 2 N–H and O–H groups in total. The third-order valence-corrected chi connectivity index (χ3v) is 2.53. The molecular formula is C13H15N3. The molecule has 0 amide bonds. The third kappa shape index (κ3) is 1.98. The number of hydrogen-bond acceptors (Lipinski definition) is 3. The number of aryl methyl sites for hydroxylation is 1. The maximum atomic E-state index is 5.69. The number of benzene rings is 1. The van der Waals surface area contributed by atoms with E-state index in [4.69, 9.17) is 5.73 Å². The van der Waals surface area contributed by atoms with Crippen LogP contribution < -0.4 is 10.6 Å². The summed E-state index contributed by atoms with van der Waals surface area (Å²) in [5, 5.41) is 0. The Labute approximate surface area is 95.5 Å². The zero-order valence-corrected chi connectivity index (χ0v) is 9.51. The van der Waals surface area contributed by atoms with Gasteiger partial charge in [-0.3, -0.25) is 0 Å². The minimum absolute atomic E-state index is 0.697. The minimum Gasteiger partial charge on any atom is -0.397 e. The van der Waals surface area contributed by atoms with E-state index in [0.29, 0.717) is 5.69 Å². The highest BCUT2D eigenvalue weighted by atomic mass is 15.2. The summed E-state index contributed by atoms with van der Waals surface area (Å²) >= 11 is 0. The fourth-order valence-corrected chi connectivity index (χ4v) is 1.71. The van der Waals surface area contributed by atoms with Crippen LogP contribution in [0.1, 0.15) is 5.56 Å². The summed E-state index contributed by atoms with van der Waals surface area (Å²) in [4.78, 5) is 6.41. The molecule has 2 rings (SSSR count). The molecule has 0 aliphatic carbocycles. The Morgan fingerprint density at radius 3 is 2.50 bits per heavy atom. The topological polar surface area (TPSA) is 42.1 Å². The van der Waals surface area contributed by atoms with Crippen molar-refractivity contribution in [1.29, 1.82) is 0 Å². The Morgan fingerprint density at radius 2 is 1.88 bits per heavy atom. The molecule has 0 bridgehead atoms. The first kappa shape index (κ1) is 10.5. The summed E-state index contributed by atoms with van der Waals surface area (Å²) in [7, 11) is 2.00. The molecule has 16 heavy (non-hydrogen) atoms. The Hall–Kier alpha value is -2.03. The second-order valence-electron chi connectivity index (χ2n) is 3.80. The lowest BCUT2D eigenvalue weighted by molar-refractivity contribution is 1.10. The van der Waals surface area contributed by atoms with Gasteiger partial charge in [0.15, 0.2) is 0 Å². The summed E-state index contributed by atoms with van der Waals surface area (Å²) < 4.78 is 0. The molecule has 0 radical (unpaired) electrons. The normalized spacial score (nSPS) is 10.1. The van der Waals surface area contributed by atoms with Gasteiger partial charge in [0.2, 0.25) is 0 Å². The van der Waals surface area contributed by atoms with Gasteiger partial charge < -0.3 is 10.6 Å². The SMILES string of the molecule is Cc1cc(N)cnc1N(C)c1ccccc1. The Bertz CT molecular complexity index is 480. The number of para-hydroxylation sites is 1. The average Bonchev–Trinajstić information content (AvgIpc) is 2.29. The van der Waals surface area contributed by atoms with E-state index in [1.54, 1.807) is 6.20 Å². The quantitative estimate of drug-likeness (QED) is 0.834. The van der Waals surface area contributed by atoms with Gasteiger partial charge in [-0.15, -0.1) is 0 Å². The van der Waals surface area contributed by atoms with Gasteiger partial charge >= 0.3 is 0 Å². The number of nitrogen functional groups attached to an aromatic ring is 1. The molecule has 0 unspecified atom stereocenters. The van der Waals surface area contributed by atoms with Crippen molar-refractivity contribution >= 4 is 17.2 Å². The predicted molar refractivity (Wildman–Crippen MR) is 67.9 cm³/mol. The lowest BCUT2D eigenvalue weighted by atomic mass is 10.2. The molecule has 0 saturated heterocycles. The van der Waals surface area contributed by atoms with Crippen LogP contribution >= 0.6 is 0 Å². The minimum atomic E-state index is 0.697. The average molecular weight is 213 g/mol. The standard InChI is InChI=1S/C13H15N3/c1-10-8-11(14)9-15-13(10)16(2)12-6-4-3-5-7-12/h3-9H,14H2,1-2H3. The molecule has 0 aliphatic rings. The number of aromatic nitrogens is 1. The fourth-order valence-electron chi connectivity index (χ4n) is 1.71. The molecular weight excluding hydrogens is 198 g/mol. The molecule has 82 valence electrons. The van der Waals surface area contributed by atoms with Crippen LogP contribution in [0, 0.1) is 6.92 Å². The molecule has 0 atom stereocenters. The van der Waals surface area contributed by atoms with Gasteiger partial charge in [-0.05, 0) is 30.7 Å². The van der Waals surface area contributed by atoms with Crippen molar-refractivity contribution in [2.45, 2.75) is 6.92 Å². The van der Waals surface area contributed by atoms with Crippen molar-refractivity contribution in [2.75, 3.05) is 17.7 Å². The number of pyridine rings is 1. The lowest BCUT2D eigenvalue weighted by Crippen LogP contribution is -2.12. The Morgan fingerprint density at radius 1 is 1.19 bits per heavy atom. The van der Waals surface area contributed by atoms with Crippen LogP contribution in [-0.2, 0) is 0 Å². The van der Waals surface area contributed by atoms with E-state index in [9.17, 15) is 0 Å². The molecule has 0 spiro atoms. The van der Waals surface area contributed by atoms with Crippen LogP contribution in [0.3, 0.4) is 0 Å². The first-order chi connectivity index (χ1) is 7.68. The van der Waals surface area contributed by atoms with E-state index in [-0.39, 0.29) is 0 Å². The van der Waals surface area contributed by atoms with Gasteiger partial charge in [-0.2, -0.15) is 0 Å². The Balaban J connectivity index is 2.38. The predicted octanol–water partition coefficient (Wildman–Crippen LogP) is 2.74. The van der Waals surface area contributed by atoms with Gasteiger partial charge in [-0.25, -0.2) is 4.98 Å². The largest absolute Gasteiger partial charge is 0.397 e. The highest BCUT2D eigenvalue weighted by Gasteiger charge is 2.07. The van der Waals surface area contributed by atoms with Gasteiger partial charge in [-0.1, -0.05) is 18.2 Å². The van der Waals surface area contributed by atoms with Crippen LogP contribution in [0.4, 0.5) is 17.2 Å². The van der Waals surface area contributed by atoms with Crippen LogP contribution in [0.15, 0.2) is 42.6 Å². The molecule has 1 heterocycles. The number of rotatable bonds is 2. The number of anilines is 3. The van der Waals surface area contributed by atoms with Crippen molar-refractivity contribution in [3.8, 4) is 0 Å². The second kappa shape index (κ2) is 4.23. The van der Waals surface area contributed by atoms with E-state index in [0.717, 1.165) is 17.1 Å². The molecule has 0 fully saturated rings. The van der Waals surface area contributed by atoms with E-state index >= 15 is 0 Å². The van der Waals surface area contributed by atoms with E-state index in [1.807, 2.05) is 38.2 Å². The van der Waals surface area contributed by atoms with Crippen molar-refractivity contribution < 1.29 is 0 Å². The van der Waals surface area contributed by atoms with E-state index < -0.39 is 0 Å². The lowest BCUT2D eigenvalue weighted by Gasteiger charge is -2.20. The maximum Gasteiger partial charge on any atom is 0.135 e. The fraction of sp³-hybridized carbons (Fsp3) is 0.154. The van der Waals surface area contributed by atoms with E-state index in [1.165, 1.54) is 0 Å². The first-order valence-electron chi connectivity index (χ1n) is 5.19. The zero-order valence-electron chi connectivity index (χ0n) is 9.51. The zero-order chi connectivity index (χ0) is 11.5. The highest BCUT2D eigenvalue weighted by molar-refractivity contribution is 5.63.